The van der Waals surface area contributed by atoms with Gasteiger partial charge in [0.25, 0.3) is 0 Å². The van der Waals surface area contributed by atoms with E-state index in [-0.39, 0.29) is 11.7 Å². The highest BCUT2D eigenvalue weighted by Gasteiger charge is 2.22. The number of amides is 1. The number of nitrogens with zero attached hydrogens (tertiary/aromatic N) is 1. The molecule has 1 heterocycles. The third-order valence-electron chi connectivity index (χ3n) is 5.33. The largest absolute Gasteiger partial charge is 0.491 e. The molecule has 0 aliphatic heterocycles. The molecule has 1 amide bonds. The lowest BCUT2D eigenvalue weighted by molar-refractivity contribution is -0.115. The Kier molecular flexibility index (Phi) is 12.8. The SMILES string of the molecule is CCCCCCCCCCCCCCOc1ccccc1NC(=O)C(Br)c1noc(=O)[nH]1. The number of rotatable bonds is 17. The number of aromatic amines is 1. The number of anilines is 1. The van der Waals surface area contributed by atoms with Crippen LogP contribution in [0.2, 0.25) is 0 Å². The van der Waals surface area contributed by atoms with E-state index in [1.165, 1.54) is 64.2 Å². The number of hydrogen-bond acceptors (Lipinski definition) is 5. The first-order valence-electron chi connectivity index (χ1n) is 11.8. The quantitative estimate of drug-likeness (QED) is 0.187. The molecule has 0 spiro atoms. The van der Waals surface area contributed by atoms with Crippen LogP contribution in [0, 0.1) is 0 Å². The molecule has 8 heteroatoms. The number of ether oxygens (including phenoxy) is 1. The monoisotopic (exact) mass is 509 g/mol. The van der Waals surface area contributed by atoms with E-state index >= 15 is 0 Å². The smallest absolute Gasteiger partial charge is 0.438 e. The second kappa shape index (κ2) is 15.7. The highest BCUT2D eigenvalue weighted by atomic mass is 79.9. The van der Waals surface area contributed by atoms with Crippen LogP contribution < -0.4 is 15.8 Å². The van der Waals surface area contributed by atoms with Gasteiger partial charge in [0, 0.05) is 0 Å². The molecular weight excluding hydrogens is 474 g/mol. The number of unbranched alkanes of at least 4 members (excludes halogenated alkanes) is 11. The molecule has 32 heavy (non-hydrogen) atoms. The molecule has 0 aliphatic rings. The van der Waals surface area contributed by atoms with Crippen LogP contribution in [0.5, 0.6) is 5.75 Å². The van der Waals surface area contributed by atoms with Crippen molar-refractivity contribution in [3.05, 3.63) is 40.6 Å². The van der Waals surface area contributed by atoms with E-state index in [0.29, 0.717) is 18.0 Å². The second-order valence-corrected chi connectivity index (χ2v) is 8.98. The number of carbonyl (C=O) groups is 1. The lowest BCUT2D eigenvalue weighted by Crippen LogP contribution is -2.19. The Bertz CT molecular complexity index is 836. The van der Waals surface area contributed by atoms with Gasteiger partial charge in [0.05, 0.1) is 12.3 Å². The first-order chi connectivity index (χ1) is 15.6. The van der Waals surface area contributed by atoms with Crippen molar-refractivity contribution in [2.45, 2.75) is 88.8 Å². The van der Waals surface area contributed by atoms with Gasteiger partial charge >= 0.3 is 5.76 Å². The Morgan fingerprint density at radius 1 is 1.03 bits per heavy atom. The maximum atomic E-state index is 12.4. The number of para-hydroxylation sites is 2. The first kappa shape index (κ1) is 26.2. The summed E-state index contributed by atoms with van der Waals surface area (Å²) in [4.78, 5) is 25.1. The zero-order valence-electron chi connectivity index (χ0n) is 19.0. The highest BCUT2D eigenvalue weighted by molar-refractivity contribution is 9.09. The Labute approximate surface area is 198 Å². The van der Waals surface area contributed by atoms with Crippen molar-refractivity contribution in [1.82, 2.24) is 10.1 Å². The van der Waals surface area contributed by atoms with E-state index in [4.69, 9.17) is 4.74 Å². The van der Waals surface area contributed by atoms with E-state index in [9.17, 15) is 9.59 Å². The number of nitrogens with one attached hydrogen (secondary N) is 2. The summed E-state index contributed by atoms with van der Waals surface area (Å²) >= 11 is 3.22. The van der Waals surface area contributed by atoms with E-state index in [1.807, 2.05) is 18.2 Å². The molecule has 2 aromatic rings. The van der Waals surface area contributed by atoms with Crippen molar-refractivity contribution in [3.8, 4) is 5.75 Å². The Morgan fingerprint density at radius 3 is 2.22 bits per heavy atom. The predicted molar refractivity (Wildman–Crippen MR) is 130 cm³/mol. The molecule has 1 aromatic heterocycles. The van der Waals surface area contributed by atoms with Gasteiger partial charge in [-0.05, 0) is 18.6 Å². The minimum atomic E-state index is -0.835. The molecule has 0 aliphatic carbocycles. The van der Waals surface area contributed by atoms with Gasteiger partial charge in [0.2, 0.25) is 5.91 Å². The lowest BCUT2D eigenvalue weighted by Gasteiger charge is -2.13. The van der Waals surface area contributed by atoms with Crippen LogP contribution in [0.25, 0.3) is 0 Å². The standard InChI is InChI=1S/C24H36BrN3O4/c1-2-3-4-5-6-7-8-9-10-11-12-15-18-31-20-17-14-13-16-19(20)26-23(29)21(25)22-27-24(30)32-28-22/h13-14,16-17,21H,2-12,15,18H2,1H3,(H,26,29)(H,27,28,30). The molecule has 2 N–H and O–H groups in total. The van der Waals surface area contributed by atoms with Gasteiger partial charge in [0.1, 0.15) is 5.75 Å². The van der Waals surface area contributed by atoms with Gasteiger partial charge in [-0.2, -0.15) is 0 Å². The zero-order chi connectivity index (χ0) is 23.0. The second-order valence-electron chi connectivity index (χ2n) is 8.07. The maximum Gasteiger partial charge on any atom is 0.438 e. The number of carbonyl (C=O) groups excluding carboxylic acids is 1. The molecule has 178 valence electrons. The third-order valence-corrected chi connectivity index (χ3v) is 6.18. The molecule has 0 saturated heterocycles. The summed E-state index contributed by atoms with van der Waals surface area (Å²) in [5, 5.41) is 6.34. The summed E-state index contributed by atoms with van der Waals surface area (Å²) in [6.45, 7) is 2.87. The van der Waals surface area contributed by atoms with Gasteiger partial charge in [-0.15, -0.1) is 0 Å². The highest BCUT2D eigenvalue weighted by Crippen LogP contribution is 2.27. The van der Waals surface area contributed by atoms with Gasteiger partial charge in [-0.25, -0.2) is 4.79 Å². The van der Waals surface area contributed by atoms with Crippen LogP contribution in [0.15, 0.2) is 33.6 Å². The predicted octanol–water partition coefficient (Wildman–Crippen LogP) is 6.52. The molecule has 1 unspecified atom stereocenters. The minimum absolute atomic E-state index is 0.113. The molecule has 2 rings (SSSR count). The van der Waals surface area contributed by atoms with Crippen molar-refractivity contribution in [1.29, 1.82) is 0 Å². The van der Waals surface area contributed by atoms with Crippen molar-refractivity contribution >= 4 is 27.5 Å². The zero-order valence-corrected chi connectivity index (χ0v) is 20.6. The lowest BCUT2D eigenvalue weighted by atomic mass is 10.1. The number of benzene rings is 1. The number of halogens is 1. The molecule has 1 aromatic carbocycles. The molecule has 0 fully saturated rings. The number of H-pyrrole nitrogens is 1. The van der Waals surface area contributed by atoms with Gasteiger partial charge < -0.3 is 10.1 Å². The molecule has 0 bridgehead atoms. The van der Waals surface area contributed by atoms with Crippen LogP contribution in [0.1, 0.15) is 94.6 Å². The van der Waals surface area contributed by atoms with Crippen molar-refractivity contribution in [3.63, 3.8) is 0 Å². The summed E-state index contributed by atoms with van der Waals surface area (Å²) in [7, 11) is 0. The Hall–Kier alpha value is -2.09. The van der Waals surface area contributed by atoms with Crippen LogP contribution >= 0.6 is 15.9 Å². The molecule has 1 atom stereocenters. The number of hydrogen-bond donors (Lipinski definition) is 2. The van der Waals surface area contributed by atoms with Crippen LogP contribution in [0.3, 0.4) is 0 Å². The average Bonchev–Trinajstić information content (AvgIpc) is 3.23. The summed E-state index contributed by atoms with van der Waals surface area (Å²) in [5.41, 5.74) is 0.576. The number of alkyl halides is 1. The number of aromatic nitrogens is 2. The van der Waals surface area contributed by atoms with Crippen LogP contribution in [0.4, 0.5) is 5.69 Å². The van der Waals surface area contributed by atoms with Crippen LogP contribution in [-0.4, -0.2) is 22.7 Å². The Balaban J connectivity index is 1.60. The van der Waals surface area contributed by atoms with E-state index < -0.39 is 10.6 Å². The third kappa shape index (κ3) is 10.0. The summed E-state index contributed by atoms with van der Waals surface area (Å²) in [6.07, 6.45) is 15.6. The van der Waals surface area contributed by atoms with Gasteiger partial charge in [-0.3, -0.25) is 14.3 Å². The van der Waals surface area contributed by atoms with Crippen molar-refractivity contribution in [2.75, 3.05) is 11.9 Å². The average molecular weight is 510 g/mol. The van der Waals surface area contributed by atoms with E-state index in [1.54, 1.807) is 6.07 Å². The fourth-order valence-electron chi connectivity index (χ4n) is 3.49. The molecule has 0 saturated carbocycles. The fraction of sp³-hybridized carbons (Fsp3) is 0.625. The minimum Gasteiger partial charge on any atom is -0.491 e. The summed E-state index contributed by atoms with van der Waals surface area (Å²) in [6, 6.07) is 7.31. The van der Waals surface area contributed by atoms with E-state index in [2.05, 4.69) is 42.8 Å². The normalized spacial score (nSPS) is 11.9. The van der Waals surface area contributed by atoms with Gasteiger partial charge in [-0.1, -0.05) is 111 Å². The summed E-state index contributed by atoms with van der Waals surface area (Å²) in [5.74, 6) is -0.348. The first-order valence-corrected chi connectivity index (χ1v) is 12.8. The van der Waals surface area contributed by atoms with Crippen molar-refractivity contribution in [2.24, 2.45) is 0 Å². The fourth-order valence-corrected chi connectivity index (χ4v) is 3.80. The van der Waals surface area contributed by atoms with Crippen molar-refractivity contribution < 1.29 is 14.1 Å². The van der Waals surface area contributed by atoms with Gasteiger partial charge in [0.15, 0.2) is 10.7 Å². The molecule has 0 radical (unpaired) electrons. The molecule has 7 nitrogen and oxygen atoms in total. The Morgan fingerprint density at radius 2 is 1.62 bits per heavy atom. The summed E-state index contributed by atoms with van der Waals surface area (Å²) < 4.78 is 10.3. The maximum absolute atomic E-state index is 12.4. The molecular formula is C24H36BrN3O4. The van der Waals surface area contributed by atoms with E-state index in [0.717, 1.165) is 12.8 Å². The van der Waals surface area contributed by atoms with Crippen LogP contribution in [-0.2, 0) is 4.79 Å². The topological polar surface area (TPSA) is 97.2 Å².